The summed E-state index contributed by atoms with van der Waals surface area (Å²) in [6.07, 6.45) is 2.86. The van der Waals surface area contributed by atoms with Gasteiger partial charge < -0.3 is 5.73 Å². The molecular formula is C11H7Cl2FN2. The predicted molar refractivity (Wildman–Crippen MR) is 64.1 cm³/mol. The molecule has 1 aromatic carbocycles. The van der Waals surface area contributed by atoms with Gasteiger partial charge in [-0.05, 0) is 18.2 Å². The van der Waals surface area contributed by atoms with Crippen LogP contribution in [0.3, 0.4) is 0 Å². The number of hydrogen-bond acceptors (Lipinski definition) is 2. The van der Waals surface area contributed by atoms with Gasteiger partial charge in [0.15, 0.2) is 0 Å². The third-order valence-electron chi connectivity index (χ3n) is 2.16. The van der Waals surface area contributed by atoms with E-state index in [0.717, 1.165) is 0 Å². The summed E-state index contributed by atoms with van der Waals surface area (Å²) in [5, 5.41) is 0.715. The van der Waals surface area contributed by atoms with E-state index in [4.69, 9.17) is 28.9 Å². The summed E-state index contributed by atoms with van der Waals surface area (Å²) in [6, 6.07) is 4.23. The molecule has 0 unspecified atom stereocenters. The number of anilines is 1. The lowest BCUT2D eigenvalue weighted by Crippen LogP contribution is -1.94. The normalized spacial score (nSPS) is 10.4. The number of benzene rings is 1. The summed E-state index contributed by atoms with van der Waals surface area (Å²) < 4.78 is 13.6. The fourth-order valence-electron chi connectivity index (χ4n) is 1.36. The maximum absolute atomic E-state index is 13.6. The predicted octanol–water partition coefficient (Wildman–Crippen LogP) is 3.78. The van der Waals surface area contributed by atoms with Gasteiger partial charge in [0.05, 0.1) is 10.7 Å². The van der Waals surface area contributed by atoms with E-state index in [-0.39, 0.29) is 10.7 Å². The molecule has 82 valence electrons. The maximum atomic E-state index is 13.6. The number of rotatable bonds is 1. The molecule has 16 heavy (non-hydrogen) atoms. The minimum absolute atomic E-state index is 0.289. The van der Waals surface area contributed by atoms with E-state index in [2.05, 4.69) is 4.98 Å². The minimum Gasteiger partial charge on any atom is -0.397 e. The quantitative estimate of drug-likeness (QED) is 0.844. The molecule has 2 nitrogen and oxygen atoms in total. The lowest BCUT2D eigenvalue weighted by Gasteiger charge is -2.08. The van der Waals surface area contributed by atoms with Crippen molar-refractivity contribution in [1.29, 1.82) is 0 Å². The second-order valence-corrected chi connectivity index (χ2v) is 4.05. The molecule has 0 radical (unpaired) electrons. The molecule has 0 atom stereocenters. The standard InChI is InChI=1S/C11H7Cl2FN2/c12-6-1-2-10(14)7(3-6)8-4-16-5-9(13)11(8)15/h1-5H,(H2,15,16). The van der Waals surface area contributed by atoms with Gasteiger partial charge in [-0.2, -0.15) is 0 Å². The summed E-state index contributed by atoms with van der Waals surface area (Å²) in [5.41, 5.74) is 6.77. The van der Waals surface area contributed by atoms with Gasteiger partial charge in [-0.25, -0.2) is 4.39 Å². The third kappa shape index (κ3) is 1.96. The van der Waals surface area contributed by atoms with Gasteiger partial charge in [-0.15, -0.1) is 0 Å². The molecule has 1 aromatic heterocycles. The number of nitrogen functional groups attached to an aromatic ring is 1. The Balaban J connectivity index is 2.67. The Morgan fingerprint density at radius 3 is 2.62 bits per heavy atom. The molecular weight excluding hydrogens is 250 g/mol. The van der Waals surface area contributed by atoms with E-state index >= 15 is 0 Å². The van der Waals surface area contributed by atoms with E-state index < -0.39 is 5.82 Å². The minimum atomic E-state index is -0.417. The molecule has 0 saturated carbocycles. The maximum Gasteiger partial charge on any atom is 0.131 e. The molecule has 0 bridgehead atoms. The monoisotopic (exact) mass is 256 g/mol. The second kappa shape index (κ2) is 4.28. The number of halogens is 3. The van der Waals surface area contributed by atoms with E-state index in [1.54, 1.807) is 0 Å². The first-order chi connectivity index (χ1) is 7.59. The lowest BCUT2D eigenvalue weighted by atomic mass is 10.1. The van der Waals surface area contributed by atoms with Crippen molar-refractivity contribution in [2.45, 2.75) is 0 Å². The summed E-state index contributed by atoms with van der Waals surface area (Å²) in [6.45, 7) is 0. The first-order valence-electron chi connectivity index (χ1n) is 4.44. The average Bonchev–Trinajstić information content (AvgIpc) is 2.26. The molecule has 0 amide bonds. The van der Waals surface area contributed by atoms with Crippen LogP contribution >= 0.6 is 23.2 Å². The smallest absolute Gasteiger partial charge is 0.131 e. The largest absolute Gasteiger partial charge is 0.397 e. The zero-order chi connectivity index (χ0) is 11.7. The van der Waals surface area contributed by atoms with Gasteiger partial charge >= 0.3 is 0 Å². The van der Waals surface area contributed by atoms with Crippen molar-refractivity contribution in [3.05, 3.63) is 46.5 Å². The molecule has 0 aliphatic carbocycles. The number of aromatic nitrogens is 1. The molecule has 0 fully saturated rings. The molecule has 0 saturated heterocycles. The summed E-state index contributed by atoms with van der Waals surface area (Å²) >= 11 is 11.6. The van der Waals surface area contributed by atoms with Gasteiger partial charge in [0.25, 0.3) is 0 Å². The van der Waals surface area contributed by atoms with Crippen LogP contribution in [0.5, 0.6) is 0 Å². The van der Waals surface area contributed by atoms with E-state index in [0.29, 0.717) is 16.1 Å². The molecule has 2 rings (SSSR count). The molecule has 2 aromatic rings. The zero-order valence-electron chi connectivity index (χ0n) is 8.05. The first-order valence-corrected chi connectivity index (χ1v) is 5.19. The van der Waals surface area contributed by atoms with Crippen LogP contribution in [0.15, 0.2) is 30.6 Å². The first kappa shape index (κ1) is 11.2. The Bertz CT molecular complexity index is 544. The summed E-state index contributed by atoms with van der Waals surface area (Å²) in [5.74, 6) is -0.417. The van der Waals surface area contributed by atoms with E-state index in [9.17, 15) is 4.39 Å². The number of nitrogens with zero attached hydrogens (tertiary/aromatic N) is 1. The third-order valence-corrected chi connectivity index (χ3v) is 2.69. The molecule has 0 spiro atoms. The Hall–Kier alpha value is -1.32. The van der Waals surface area contributed by atoms with Gasteiger partial charge in [0.2, 0.25) is 0 Å². The van der Waals surface area contributed by atoms with Crippen molar-refractivity contribution in [2.75, 3.05) is 5.73 Å². The highest BCUT2D eigenvalue weighted by molar-refractivity contribution is 6.33. The molecule has 1 heterocycles. The Morgan fingerprint density at radius 2 is 1.88 bits per heavy atom. The number of pyridine rings is 1. The summed E-state index contributed by atoms with van der Waals surface area (Å²) in [4.78, 5) is 3.87. The van der Waals surface area contributed by atoms with Crippen molar-refractivity contribution in [1.82, 2.24) is 4.98 Å². The lowest BCUT2D eigenvalue weighted by molar-refractivity contribution is 0.631. The fraction of sp³-hybridized carbons (Fsp3) is 0. The van der Waals surface area contributed by atoms with Crippen LogP contribution in [0, 0.1) is 5.82 Å². The van der Waals surface area contributed by atoms with Crippen LogP contribution in [0.1, 0.15) is 0 Å². The fourth-order valence-corrected chi connectivity index (χ4v) is 1.69. The van der Waals surface area contributed by atoms with E-state index in [1.807, 2.05) is 0 Å². The SMILES string of the molecule is Nc1c(Cl)cncc1-c1cc(Cl)ccc1F. The Morgan fingerprint density at radius 1 is 1.12 bits per heavy atom. The second-order valence-electron chi connectivity index (χ2n) is 3.21. The molecule has 0 aliphatic heterocycles. The van der Waals surface area contributed by atoms with Crippen molar-refractivity contribution in [3.63, 3.8) is 0 Å². The van der Waals surface area contributed by atoms with E-state index in [1.165, 1.54) is 30.6 Å². The van der Waals surface area contributed by atoms with Crippen LogP contribution in [0.2, 0.25) is 10.0 Å². The number of hydrogen-bond donors (Lipinski definition) is 1. The topological polar surface area (TPSA) is 38.9 Å². The highest BCUT2D eigenvalue weighted by Crippen LogP contribution is 2.33. The number of nitrogens with two attached hydrogens (primary N) is 1. The van der Waals surface area contributed by atoms with Crippen molar-refractivity contribution in [2.24, 2.45) is 0 Å². The van der Waals surface area contributed by atoms with Crippen molar-refractivity contribution < 1.29 is 4.39 Å². The van der Waals surface area contributed by atoms with Crippen molar-refractivity contribution >= 4 is 28.9 Å². The Kier molecular flexibility index (Phi) is 2.99. The van der Waals surface area contributed by atoms with Crippen molar-refractivity contribution in [3.8, 4) is 11.1 Å². The van der Waals surface area contributed by atoms with Gasteiger partial charge in [-0.1, -0.05) is 23.2 Å². The van der Waals surface area contributed by atoms with Crippen LogP contribution in [-0.2, 0) is 0 Å². The molecule has 2 N–H and O–H groups in total. The van der Waals surface area contributed by atoms with Crippen LogP contribution in [-0.4, -0.2) is 4.98 Å². The van der Waals surface area contributed by atoms with Gasteiger partial charge in [0.1, 0.15) is 5.82 Å². The van der Waals surface area contributed by atoms with Crippen LogP contribution in [0.4, 0.5) is 10.1 Å². The molecule has 0 aliphatic rings. The van der Waals surface area contributed by atoms with Gasteiger partial charge in [0, 0.05) is 28.5 Å². The van der Waals surface area contributed by atoms with Crippen LogP contribution in [0.25, 0.3) is 11.1 Å². The summed E-state index contributed by atoms with van der Waals surface area (Å²) in [7, 11) is 0. The zero-order valence-corrected chi connectivity index (χ0v) is 9.56. The highest BCUT2D eigenvalue weighted by Gasteiger charge is 2.11. The van der Waals surface area contributed by atoms with Gasteiger partial charge in [-0.3, -0.25) is 4.98 Å². The average molecular weight is 257 g/mol. The Labute approximate surface area is 102 Å². The molecule has 5 heteroatoms. The highest BCUT2D eigenvalue weighted by atomic mass is 35.5. The van der Waals surface area contributed by atoms with Crippen LogP contribution < -0.4 is 5.73 Å².